The number of aliphatic hydroxyl groups is 1. The van der Waals surface area contributed by atoms with Crippen molar-refractivity contribution < 1.29 is 14.6 Å². The fourth-order valence-corrected chi connectivity index (χ4v) is 1.72. The Hall–Kier alpha value is -1.71. The maximum Gasteiger partial charge on any atom is 0.336 e. The van der Waals surface area contributed by atoms with E-state index in [4.69, 9.17) is 14.6 Å². The van der Waals surface area contributed by atoms with Gasteiger partial charge in [-0.2, -0.15) is 0 Å². The minimum absolute atomic E-state index is 0.0346. The summed E-state index contributed by atoms with van der Waals surface area (Å²) in [4.78, 5) is 36.2. The largest absolute Gasteiger partial charge is 0.395 e. The van der Waals surface area contributed by atoms with Crippen LogP contribution in [0.2, 0.25) is 0 Å². The van der Waals surface area contributed by atoms with Gasteiger partial charge in [0.25, 0.3) is 0 Å². The van der Waals surface area contributed by atoms with Gasteiger partial charge in [-0.25, -0.2) is 28.1 Å². The molecule has 0 saturated carbocycles. The molecular weight excluding hydrogens is 270 g/mol. The van der Waals surface area contributed by atoms with Gasteiger partial charge in [-0.05, 0) is 0 Å². The molecule has 0 fully saturated rings. The topological polar surface area (TPSA) is 105 Å². The molecule has 1 aromatic rings. The summed E-state index contributed by atoms with van der Waals surface area (Å²) in [6.07, 6.45) is 0. The van der Waals surface area contributed by atoms with Crippen LogP contribution in [0, 0.1) is 0 Å². The lowest BCUT2D eigenvalue weighted by molar-refractivity contribution is 0.172. The molecular formula is C11H19N3O6. The van der Waals surface area contributed by atoms with Crippen molar-refractivity contribution in [2.45, 2.75) is 19.6 Å². The Bertz CT molecular complexity index is 553. The molecule has 0 bridgehead atoms. The van der Waals surface area contributed by atoms with Crippen LogP contribution in [0.3, 0.4) is 0 Å². The van der Waals surface area contributed by atoms with Crippen LogP contribution >= 0.6 is 0 Å². The Labute approximate surface area is 114 Å². The third-order valence-corrected chi connectivity index (χ3v) is 2.75. The summed E-state index contributed by atoms with van der Waals surface area (Å²) in [6.45, 7) is -0.146. The molecule has 20 heavy (non-hydrogen) atoms. The smallest absolute Gasteiger partial charge is 0.336 e. The lowest BCUT2D eigenvalue weighted by Crippen LogP contribution is -2.55. The zero-order chi connectivity index (χ0) is 15.1. The number of methoxy groups -OCH3 is 2. The van der Waals surface area contributed by atoms with E-state index >= 15 is 0 Å². The van der Waals surface area contributed by atoms with Crippen LogP contribution in [-0.4, -0.2) is 52.8 Å². The van der Waals surface area contributed by atoms with Gasteiger partial charge in [0.1, 0.15) is 0 Å². The number of hydrogen-bond donors (Lipinski definition) is 1. The van der Waals surface area contributed by atoms with E-state index in [-0.39, 0.29) is 39.5 Å². The summed E-state index contributed by atoms with van der Waals surface area (Å²) in [5, 5.41) is 8.93. The summed E-state index contributed by atoms with van der Waals surface area (Å²) in [6, 6.07) is 0. The molecule has 0 aromatic carbocycles. The van der Waals surface area contributed by atoms with Crippen LogP contribution in [-0.2, 0) is 29.1 Å². The highest BCUT2D eigenvalue weighted by Gasteiger charge is 2.14. The highest BCUT2D eigenvalue weighted by Crippen LogP contribution is 1.79. The molecule has 0 aliphatic heterocycles. The second-order valence-electron chi connectivity index (χ2n) is 4.01. The number of nitrogens with zero attached hydrogens (tertiary/aromatic N) is 3. The Morgan fingerprint density at radius 2 is 1.15 bits per heavy atom. The van der Waals surface area contributed by atoms with Crippen molar-refractivity contribution in [3.8, 4) is 0 Å². The Kier molecular flexibility index (Phi) is 6.36. The lowest BCUT2D eigenvalue weighted by Gasteiger charge is -2.12. The number of aromatic nitrogens is 3. The molecule has 1 rings (SSSR count). The highest BCUT2D eigenvalue weighted by molar-refractivity contribution is 4.79. The summed E-state index contributed by atoms with van der Waals surface area (Å²) in [7, 11) is 2.89. The van der Waals surface area contributed by atoms with Gasteiger partial charge >= 0.3 is 17.1 Å². The third-order valence-electron chi connectivity index (χ3n) is 2.75. The highest BCUT2D eigenvalue weighted by atomic mass is 16.5. The first-order chi connectivity index (χ1) is 9.58. The Morgan fingerprint density at radius 1 is 0.800 bits per heavy atom. The van der Waals surface area contributed by atoms with Crippen molar-refractivity contribution in [2.75, 3.05) is 34.0 Å². The molecule has 0 amide bonds. The fraction of sp³-hybridized carbons (Fsp3) is 0.727. The SMILES string of the molecule is COCCn1c(=O)n(CCO)c(=O)n(CCOC)c1=O. The van der Waals surface area contributed by atoms with Gasteiger partial charge in [0.15, 0.2) is 0 Å². The third kappa shape index (κ3) is 3.44. The van der Waals surface area contributed by atoms with Crippen molar-refractivity contribution in [3.05, 3.63) is 31.5 Å². The second kappa shape index (κ2) is 7.78. The summed E-state index contributed by atoms with van der Waals surface area (Å²) in [5.74, 6) is 0. The monoisotopic (exact) mass is 289 g/mol. The van der Waals surface area contributed by atoms with Crippen LogP contribution < -0.4 is 17.1 Å². The van der Waals surface area contributed by atoms with Crippen LogP contribution in [0.1, 0.15) is 0 Å². The van der Waals surface area contributed by atoms with E-state index < -0.39 is 17.1 Å². The van der Waals surface area contributed by atoms with Gasteiger partial charge in [0.05, 0.1) is 39.5 Å². The van der Waals surface area contributed by atoms with E-state index in [9.17, 15) is 14.4 Å². The number of aliphatic hydroxyl groups excluding tert-OH is 1. The molecule has 1 N–H and O–H groups in total. The predicted molar refractivity (Wildman–Crippen MR) is 70.1 cm³/mol. The molecule has 0 aliphatic carbocycles. The predicted octanol–water partition coefficient (Wildman–Crippen LogP) is -2.54. The molecule has 1 aromatic heterocycles. The van der Waals surface area contributed by atoms with Gasteiger partial charge in [0.2, 0.25) is 0 Å². The Balaban J connectivity index is 3.43. The van der Waals surface area contributed by atoms with Crippen LogP contribution in [0.4, 0.5) is 0 Å². The molecule has 114 valence electrons. The van der Waals surface area contributed by atoms with Gasteiger partial charge in [-0.1, -0.05) is 0 Å². The molecule has 1 heterocycles. The van der Waals surface area contributed by atoms with Crippen molar-refractivity contribution in [2.24, 2.45) is 0 Å². The minimum atomic E-state index is -0.750. The molecule has 0 atom stereocenters. The zero-order valence-corrected chi connectivity index (χ0v) is 11.6. The first-order valence-electron chi connectivity index (χ1n) is 6.11. The zero-order valence-electron chi connectivity index (χ0n) is 11.6. The Morgan fingerprint density at radius 3 is 1.45 bits per heavy atom. The molecule has 9 heteroatoms. The molecule has 9 nitrogen and oxygen atoms in total. The van der Waals surface area contributed by atoms with E-state index in [0.717, 1.165) is 13.7 Å². The van der Waals surface area contributed by atoms with Crippen LogP contribution in [0.25, 0.3) is 0 Å². The molecule has 0 aliphatic rings. The van der Waals surface area contributed by atoms with Gasteiger partial charge < -0.3 is 14.6 Å². The number of ether oxygens (including phenoxy) is 2. The summed E-state index contributed by atoms with van der Waals surface area (Å²) >= 11 is 0. The van der Waals surface area contributed by atoms with E-state index in [1.807, 2.05) is 0 Å². The first kappa shape index (κ1) is 16.3. The van der Waals surface area contributed by atoms with Gasteiger partial charge in [0, 0.05) is 14.2 Å². The lowest BCUT2D eigenvalue weighted by atomic mass is 10.6. The summed E-state index contributed by atoms with van der Waals surface area (Å²) in [5.41, 5.74) is -2.21. The van der Waals surface area contributed by atoms with E-state index in [1.54, 1.807) is 0 Å². The normalized spacial score (nSPS) is 10.9. The number of rotatable bonds is 8. The molecule has 0 radical (unpaired) electrons. The van der Waals surface area contributed by atoms with Crippen molar-refractivity contribution >= 4 is 0 Å². The van der Waals surface area contributed by atoms with Gasteiger partial charge in [-0.15, -0.1) is 0 Å². The van der Waals surface area contributed by atoms with E-state index in [0.29, 0.717) is 0 Å². The maximum atomic E-state index is 12.1. The fourth-order valence-electron chi connectivity index (χ4n) is 1.72. The van der Waals surface area contributed by atoms with Gasteiger partial charge in [-0.3, -0.25) is 0 Å². The van der Waals surface area contributed by atoms with E-state index in [1.165, 1.54) is 14.2 Å². The van der Waals surface area contributed by atoms with Crippen LogP contribution in [0.15, 0.2) is 14.4 Å². The van der Waals surface area contributed by atoms with Crippen molar-refractivity contribution in [1.82, 2.24) is 13.7 Å². The molecule has 0 saturated heterocycles. The maximum absolute atomic E-state index is 12.1. The summed E-state index contributed by atoms with van der Waals surface area (Å²) < 4.78 is 12.3. The van der Waals surface area contributed by atoms with Crippen molar-refractivity contribution in [1.29, 1.82) is 0 Å². The average Bonchev–Trinajstić information content (AvgIpc) is 2.43. The van der Waals surface area contributed by atoms with Crippen molar-refractivity contribution in [3.63, 3.8) is 0 Å². The van der Waals surface area contributed by atoms with E-state index in [2.05, 4.69) is 0 Å². The number of hydrogen-bond acceptors (Lipinski definition) is 6. The van der Waals surface area contributed by atoms with Crippen LogP contribution in [0.5, 0.6) is 0 Å². The standard InChI is InChI=1S/C11H19N3O6/c1-19-7-4-13-9(16)12(3-6-15)10(17)14(11(13)18)5-8-20-2/h15H,3-8H2,1-2H3. The quantitative estimate of drug-likeness (QED) is 0.565. The average molecular weight is 289 g/mol. The minimum Gasteiger partial charge on any atom is -0.395 e. The first-order valence-corrected chi connectivity index (χ1v) is 6.11. The molecule has 0 spiro atoms. The molecule has 0 unspecified atom stereocenters. The second-order valence-corrected chi connectivity index (χ2v) is 4.01.